The molecule has 0 spiro atoms. The molecule has 4 nitrogen and oxygen atoms in total. The predicted molar refractivity (Wildman–Crippen MR) is 88.7 cm³/mol. The highest BCUT2D eigenvalue weighted by Crippen LogP contribution is 2.27. The first-order chi connectivity index (χ1) is 11.1. The highest BCUT2D eigenvalue weighted by molar-refractivity contribution is 9.10. The van der Waals surface area contributed by atoms with Gasteiger partial charge in [0, 0.05) is 22.3 Å². The summed E-state index contributed by atoms with van der Waals surface area (Å²) < 4.78 is 16.1. The fourth-order valence-corrected chi connectivity index (χ4v) is 3.08. The Morgan fingerprint density at radius 3 is 2.91 bits per heavy atom. The monoisotopic (exact) mass is 371 g/mol. The molecule has 0 radical (unpaired) electrons. The fourth-order valence-electron chi connectivity index (χ4n) is 2.67. The number of aromatic nitrogens is 3. The normalized spacial score (nSPS) is 12.8. The minimum absolute atomic E-state index is 0.185. The van der Waals surface area contributed by atoms with Gasteiger partial charge in [0.1, 0.15) is 6.10 Å². The van der Waals surface area contributed by atoms with Crippen LogP contribution in [-0.2, 0) is 0 Å². The van der Waals surface area contributed by atoms with Crippen LogP contribution in [0.5, 0.6) is 0 Å². The highest BCUT2D eigenvalue weighted by atomic mass is 79.9. The maximum Gasteiger partial charge on any atom is 0.173 e. The summed E-state index contributed by atoms with van der Waals surface area (Å²) in [6.45, 7) is 0. The number of halogens is 2. The Balaban J connectivity index is 1.85. The SMILES string of the molecule is OC(c1ccc2ncccc2c1)c1cnc2c(F)cc(Br)cn12. The van der Waals surface area contributed by atoms with Gasteiger partial charge in [-0.1, -0.05) is 12.1 Å². The van der Waals surface area contributed by atoms with Crippen LogP contribution < -0.4 is 0 Å². The first-order valence-corrected chi connectivity index (χ1v) is 7.77. The molecule has 0 aliphatic rings. The molecule has 0 aliphatic carbocycles. The molecule has 6 heteroatoms. The lowest BCUT2D eigenvalue weighted by Crippen LogP contribution is -2.04. The van der Waals surface area contributed by atoms with Gasteiger partial charge in [-0.15, -0.1) is 0 Å². The van der Waals surface area contributed by atoms with Gasteiger partial charge in [-0.05, 0) is 45.8 Å². The zero-order valence-electron chi connectivity index (χ0n) is 11.8. The lowest BCUT2D eigenvalue weighted by molar-refractivity contribution is 0.214. The maximum atomic E-state index is 13.9. The summed E-state index contributed by atoms with van der Waals surface area (Å²) in [6, 6.07) is 10.7. The molecule has 0 fully saturated rings. The first-order valence-electron chi connectivity index (χ1n) is 6.98. The van der Waals surface area contributed by atoms with Gasteiger partial charge >= 0.3 is 0 Å². The van der Waals surface area contributed by atoms with Crippen LogP contribution in [0.3, 0.4) is 0 Å². The zero-order valence-corrected chi connectivity index (χ0v) is 13.4. The quantitative estimate of drug-likeness (QED) is 0.581. The summed E-state index contributed by atoms with van der Waals surface area (Å²) in [6.07, 6.45) is 3.99. The summed E-state index contributed by atoms with van der Waals surface area (Å²) in [4.78, 5) is 8.33. The molecule has 1 N–H and O–H groups in total. The van der Waals surface area contributed by atoms with Crippen molar-refractivity contribution in [2.75, 3.05) is 0 Å². The van der Waals surface area contributed by atoms with Crippen molar-refractivity contribution in [1.82, 2.24) is 14.4 Å². The van der Waals surface area contributed by atoms with E-state index in [9.17, 15) is 9.50 Å². The lowest BCUT2D eigenvalue weighted by Gasteiger charge is -2.12. The van der Waals surface area contributed by atoms with Gasteiger partial charge in [-0.3, -0.25) is 9.38 Å². The number of aliphatic hydroxyl groups is 1. The lowest BCUT2D eigenvalue weighted by atomic mass is 10.0. The molecular weight excluding hydrogens is 361 g/mol. The van der Waals surface area contributed by atoms with Gasteiger partial charge in [-0.25, -0.2) is 9.37 Å². The molecule has 114 valence electrons. The number of pyridine rings is 2. The van der Waals surface area contributed by atoms with Crippen molar-refractivity contribution in [3.8, 4) is 0 Å². The molecule has 0 amide bonds. The van der Waals surface area contributed by atoms with Crippen molar-refractivity contribution in [3.05, 3.63) is 76.5 Å². The van der Waals surface area contributed by atoms with E-state index in [1.165, 1.54) is 12.3 Å². The van der Waals surface area contributed by atoms with Crippen molar-refractivity contribution in [2.45, 2.75) is 6.10 Å². The van der Waals surface area contributed by atoms with Gasteiger partial charge < -0.3 is 5.11 Å². The second kappa shape index (κ2) is 5.40. The van der Waals surface area contributed by atoms with E-state index in [2.05, 4.69) is 25.9 Å². The number of aliphatic hydroxyl groups excluding tert-OH is 1. The Morgan fingerprint density at radius 1 is 1.17 bits per heavy atom. The largest absolute Gasteiger partial charge is 0.382 e. The van der Waals surface area contributed by atoms with Crippen LogP contribution in [0.25, 0.3) is 16.6 Å². The van der Waals surface area contributed by atoms with Crippen molar-refractivity contribution < 1.29 is 9.50 Å². The molecule has 1 unspecified atom stereocenters. The van der Waals surface area contributed by atoms with Gasteiger partial charge in [0.25, 0.3) is 0 Å². The standard InChI is InChI=1S/C17H11BrFN3O/c18-12-7-13(19)17-21-8-15(22(17)9-12)16(23)11-3-4-14-10(6-11)2-1-5-20-14/h1-9,16,23H. The van der Waals surface area contributed by atoms with E-state index >= 15 is 0 Å². The summed E-state index contributed by atoms with van der Waals surface area (Å²) in [5.41, 5.74) is 2.25. The fraction of sp³-hybridized carbons (Fsp3) is 0.0588. The second-order valence-corrected chi connectivity index (χ2v) is 6.16. The van der Waals surface area contributed by atoms with Crippen molar-refractivity contribution >= 4 is 32.5 Å². The summed E-state index contributed by atoms with van der Waals surface area (Å²) >= 11 is 3.26. The smallest absolute Gasteiger partial charge is 0.173 e. The Kier molecular flexibility index (Phi) is 3.36. The first kappa shape index (κ1) is 14.3. The van der Waals surface area contributed by atoms with Gasteiger partial charge in [0.05, 0.1) is 17.4 Å². The number of benzene rings is 1. The van der Waals surface area contributed by atoms with E-state index in [0.29, 0.717) is 15.7 Å². The number of fused-ring (bicyclic) bond motifs is 2. The third kappa shape index (κ3) is 2.40. The molecule has 4 aromatic rings. The van der Waals surface area contributed by atoms with Gasteiger partial charge in [-0.2, -0.15) is 0 Å². The molecule has 0 saturated carbocycles. The van der Waals surface area contributed by atoms with E-state index in [1.54, 1.807) is 16.8 Å². The molecule has 3 aromatic heterocycles. The molecule has 1 aromatic carbocycles. The zero-order chi connectivity index (χ0) is 16.0. The average Bonchev–Trinajstić information content (AvgIpc) is 2.97. The number of rotatable bonds is 2. The minimum Gasteiger partial charge on any atom is -0.382 e. The van der Waals surface area contributed by atoms with E-state index in [1.807, 2.05) is 30.3 Å². The third-order valence-corrected chi connectivity index (χ3v) is 4.21. The molecule has 0 aliphatic heterocycles. The number of nitrogens with zero attached hydrogens (tertiary/aromatic N) is 3. The van der Waals surface area contributed by atoms with E-state index in [0.717, 1.165) is 10.9 Å². The van der Waals surface area contributed by atoms with Crippen molar-refractivity contribution in [1.29, 1.82) is 0 Å². The minimum atomic E-state index is -0.914. The molecule has 0 bridgehead atoms. The molecule has 3 heterocycles. The van der Waals surface area contributed by atoms with Crippen LogP contribution in [-0.4, -0.2) is 19.5 Å². The predicted octanol–water partition coefficient (Wildman–Crippen LogP) is 3.87. The Hall–Kier alpha value is -2.31. The van der Waals surface area contributed by atoms with Gasteiger partial charge in [0.15, 0.2) is 11.5 Å². The summed E-state index contributed by atoms with van der Waals surface area (Å²) in [5.74, 6) is -0.444. The van der Waals surface area contributed by atoms with Crippen LogP contribution in [0, 0.1) is 5.82 Å². The number of hydrogen-bond donors (Lipinski definition) is 1. The Morgan fingerprint density at radius 2 is 2.04 bits per heavy atom. The topological polar surface area (TPSA) is 50.4 Å². The molecular formula is C17H11BrFN3O. The molecule has 4 rings (SSSR count). The number of imidazole rings is 1. The Bertz CT molecular complexity index is 1030. The van der Waals surface area contributed by atoms with Crippen molar-refractivity contribution in [3.63, 3.8) is 0 Å². The summed E-state index contributed by atoms with van der Waals surface area (Å²) in [7, 11) is 0. The van der Waals surface area contributed by atoms with Crippen LogP contribution in [0.4, 0.5) is 4.39 Å². The average molecular weight is 372 g/mol. The van der Waals surface area contributed by atoms with Crippen LogP contribution in [0.15, 0.2) is 59.5 Å². The van der Waals surface area contributed by atoms with Crippen molar-refractivity contribution in [2.24, 2.45) is 0 Å². The molecule has 23 heavy (non-hydrogen) atoms. The summed E-state index contributed by atoms with van der Waals surface area (Å²) in [5, 5.41) is 11.6. The number of hydrogen-bond acceptors (Lipinski definition) is 3. The van der Waals surface area contributed by atoms with Crippen LogP contribution >= 0.6 is 15.9 Å². The third-order valence-electron chi connectivity index (χ3n) is 3.78. The van der Waals surface area contributed by atoms with E-state index in [-0.39, 0.29) is 5.65 Å². The van der Waals surface area contributed by atoms with Crippen LogP contribution in [0.2, 0.25) is 0 Å². The van der Waals surface area contributed by atoms with E-state index in [4.69, 9.17) is 0 Å². The van der Waals surface area contributed by atoms with E-state index < -0.39 is 11.9 Å². The second-order valence-electron chi connectivity index (χ2n) is 5.24. The Labute approximate surface area is 139 Å². The highest BCUT2D eigenvalue weighted by Gasteiger charge is 2.18. The molecule has 1 atom stereocenters. The van der Waals surface area contributed by atoms with Gasteiger partial charge in [0.2, 0.25) is 0 Å². The maximum absolute atomic E-state index is 13.9. The molecule has 0 saturated heterocycles. The van der Waals surface area contributed by atoms with Crippen LogP contribution in [0.1, 0.15) is 17.4 Å².